The number of carbonyl (C=O) groups is 3. The Hall–Kier alpha value is -2.90. The molecule has 2 aromatic rings. The minimum atomic E-state index is -0.601. The largest absolute Gasteiger partial charge is 0.324 e. The van der Waals surface area contributed by atoms with E-state index < -0.39 is 6.04 Å². The van der Waals surface area contributed by atoms with Gasteiger partial charge in [-0.15, -0.1) is 0 Å². The summed E-state index contributed by atoms with van der Waals surface area (Å²) in [6.45, 7) is 1.65. The summed E-state index contributed by atoms with van der Waals surface area (Å²) in [6.07, 6.45) is 0. The van der Waals surface area contributed by atoms with Crippen molar-refractivity contribution in [3.05, 3.63) is 53.6 Å². The second-order valence-corrected chi connectivity index (χ2v) is 7.02. The Kier molecular flexibility index (Phi) is 5.96. The number of anilines is 3. The van der Waals surface area contributed by atoms with Gasteiger partial charge in [0.25, 0.3) is 0 Å². The average Bonchev–Trinajstić information content (AvgIpc) is 2.67. The number of rotatable bonds is 5. The highest BCUT2D eigenvalue weighted by Gasteiger charge is 2.31. The molecule has 0 bridgehead atoms. The molecule has 1 aliphatic rings. The van der Waals surface area contributed by atoms with Gasteiger partial charge in [-0.25, -0.2) is 0 Å². The first-order valence-corrected chi connectivity index (χ1v) is 9.19. The van der Waals surface area contributed by atoms with Crippen LogP contribution in [0.5, 0.6) is 0 Å². The van der Waals surface area contributed by atoms with E-state index in [1.54, 1.807) is 61.3 Å². The molecule has 146 valence electrons. The third-order valence-corrected chi connectivity index (χ3v) is 4.93. The van der Waals surface area contributed by atoms with Gasteiger partial charge in [-0.3, -0.25) is 24.2 Å². The number of benzene rings is 2. The van der Waals surface area contributed by atoms with Gasteiger partial charge in [-0.1, -0.05) is 35.9 Å². The lowest BCUT2D eigenvalue weighted by Crippen LogP contribution is -2.51. The second kappa shape index (κ2) is 8.41. The van der Waals surface area contributed by atoms with Crippen molar-refractivity contribution in [2.45, 2.75) is 13.0 Å². The van der Waals surface area contributed by atoms with Crippen LogP contribution in [0.2, 0.25) is 5.02 Å². The lowest BCUT2D eigenvalue weighted by molar-refractivity contribution is -0.126. The molecule has 0 spiro atoms. The zero-order chi connectivity index (χ0) is 20.3. The monoisotopic (exact) mass is 400 g/mol. The van der Waals surface area contributed by atoms with Crippen molar-refractivity contribution in [1.29, 1.82) is 0 Å². The highest BCUT2D eigenvalue weighted by atomic mass is 35.5. The quantitative estimate of drug-likeness (QED) is 0.808. The number of amides is 3. The third kappa shape index (κ3) is 4.32. The van der Waals surface area contributed by atoms with Gasteiger partial charge in [-0.05, 0) is 38.2 Å². The lowest BCUT2D eigenvalue weighted by atomic mass is 10.1. The number of carbonyl (C=O) groups excluding carboxylic acids is 3. The van der Waals surface area contributed by atoms with Crippen molar-refractivity contribution in [1.82, 2.24) is 4.90 Å². The molecule has 0 saturated heterocycles. The highest BCUT2D eigenvalue weighted by Crippen LogP contribution is 2.29. The van der Waals surface area contributed by atoms with Crippen LogP contribution in [0.1, 0.15) is 6.92 Å². The average molecular weight is 401 g/mol. The molecule has 1 aliphatic heterocycles. The molecule has 8 heteroatoms. The second-order valence-electron chi connectivity index (χ2n) is 6.61. The number of likely N-dealkylation sites (N-methyl/N-ethyl adjacent to an activating group) is 1. The van der Waals surface area contributed by atoms with E-state index in [9.17, 15) is 14.4 Å². The predicted molar refractivity (Wildman–Crippen MR) is 110 cm³/mol. The zero-order valence-corrected chi connectivity index (χ0v) is 16.4. The zero-order valence-electron chi connectivity index (χ0n) is 15.6. The summed E-state index contributed by atoms with van der Waals surface area (Å²) in [5, 5.41) is 5.93. The van der Waals surface area contributed by atoms with E-state index in [0.29, 0.717) is 22.1 Å². The molecule has 2 N–H and O–H groups in total. The number of halogens is 1. The van der Waals surface area contributed by atoms with E-state index in [1.807, 2.05) is 6.07 Å². The number of para-hydroxylation sites is 3. The lowest BCUT2D eigenvalue weighted by Gasteiger charge is -2.33. The van der Waals surface area contributed by atoms with Gasteiger partial charge in [0.15, 0.2) is 0 Å². The van der Waals surface area contributed by atoms with Gasteiger partial charge in [0, 0.05) is 0 Å². The molecule has 28 heavy (non-hydrogen) atoms. The molecule has 0 unspecified atom stereocenters. The topological polar surface area (TPSA) is 81.8 Å². The molecule has 1 atom stereocenters. The fourth-order valence-corrected chi connectivity index (χ4v) is 3.14. The Bertz CT molecular complexity index is 918. The fraction of sp³-hybridized carbons (Fsp3) is 0.250. The third-order valence-electron chi connectivity index (χ3n) is 4.60. The van der Waals surface area contributed by atoms with Crippen molar-refractivity contribution >= 4 is 46.4 Å². The molecular weight excluding hydrogens is 380 g/mol. The van der Waals surface area contributed by atoms with Gasteiger partial charge in [0.2, 0.25) is 17.7 Å². The van der Waals surface area contributed by atoms with Crippen LogP contribution >= 0.6 is 11.6 Å². The molecular formula is C20H21ClN4O3. The Labute approximate surface area is 168 Å². The summed E-state index contributed by atoms with van der Waals surface area (Å²) in [6, 6.07) is 13.5. The molecule has 0 aliphatic carbocycles. The number of nitrogens with zero attached hydrogens (tertiary/aromatic N) is 2. The van der Waals surface area contributed by atoms with E-state index >= 15 is 0 Å². The summed E-state index contributed by atoms with van der Waals surface area (Å²) in [5.41, 5.74) is 1.76. The SMILES string of the molecule is C[C@H](C(=O)N1CC(=O)Nc2ccccc21)N(C)CC(=O)Nc1ccccc1Cl. The fourth-order valence-electron chi connectivity index (χ4n) is 2.96. The van der Waals surface area contributed by atoms with Crippen LogP contribution in [0.3, 0.4) is 0 Å². The first kappa shape index (κ1) is 19.9. The maximum atomic E-state index is 13.0. The number of hydrogen-bond acceptors (Lipinski definition) is 4. The summed E-state index contributed by atoms with van der Waals surface area (Å²) < 4.78 is 0. The van der Waals surface area contributed by atoms with Gasteiger partial charge in [-0.2, -0.15) is 0 Å². The Balaban J connectivity index is 1.67. The van der Waals surface area contributed by atoms with E-state index in [2.05, 4.69) is 10.6 Å². The summed E-state index contributed by atoms with van der Waals surface area (Å²) in [4.78, 5) is 40.3. The maximum Gasteiger partial charge on any atom is 0.244 e. The number of fused-ring (bicyclic) bond motifs is 1. The maximum absolute atomic E-state index is 13.0. The Morgan fingerprint density at radius 1 is 1.21 bits per heavy atom. The van der Waals surface area contributed by atoms with Crippen LogP contribution in [-0.2, 0) is 14.4 Å². The first-order valence-electron chi connectivity index (χ1n) is 8.81. The van der Waals surface area contributed by atoms with Crippen LogP contribution in [0.25, 0.3) is 0 Å². The van der Waals surface area contributed by atoms with Gasteiger partial charge < -0.3 is 10.6 Å². The molecule has 0 aromatic heterocycles. The van der Waals surface area contributed by atoms with Gasteiger partial charge in [0.05, 0.1) is 34.7 Å². The minimum absolute atomic E-state index is 0.000185. The normalized spacial score (nSPS) is 14.3. The Morgan fingerprint density at radius 2 is 1.89 bits per heavy atom. The molecule has 0 fully saturated rings. The van der Waals surface area contributed by atoms with Crippen LogP contribution in [0.15, 0.2) is 48.5 Å². The molecule has 0 saturated carbocycles. The smallest absolute Gasteiger partial charge is 0.244 e. The molecule has 3 amide bonds. The number of nitrogens with one attached hydrogen (secondary N) is 2. The summed E-state index contributed by atoms with van der Waals surface area (Å²) in [7, 11) is 1.69. The van der Waals surface area contributed by atoms with E-state index in [-0.39, 0.29) is 30.8 Å². The van der Waals surface area contributed by atoms with Crippen molar-refractivity contribution in [2.75, 3.05) is 35.7 Å². The van der Waals surface area contributed by atoms with Crippen molar-refractivity contribution in [2.24, 2.45) is 0 Å². The molecule has 0 radical (unpaired) electrons. The summed E-state index contributed by atoms with van der Waals surface area (Å²) >= 11 is 6.05. The first-order chi connectivity index (χ1) is 13.4. The molecule has 3 rings (SSSR count). The molecule has 7 nitrogen and oxygen atoms in total. The van der Waals surface area contributed by atoms with Crippen LogP contribution in [0.4, 0.5) is 17.1 Å². The van der Waals surface area contributed by atoms with E-state index in [0.717, 1.165) is 0 Å². The molecule has 2 aromatic carbocycles. The van der Waals surface area contributed by atoms with Crippen LogP contribution in [-0.4, -0.2) is 48.8 Å². The van der Waals surface area contributed by atoms with E-state index in [1.165, 1.54) is 4.90 Å². The highest BCUT2D eigenvalue weighted by molar-refractivity contribution is 6.33. The molecule has 1 heterocycles. The summed E-state index contributed by atoms with van der Waals surface area (Å²) in [5.74, 6) is -0.791. The van der Waals surface area contributed by atoms with Crippen LogP contribution in [0, 0.1) is 0 Å². The number of hydrogen-bond donors (Lipinski definition) is 2. The standard InChI is InChI=1S/C20H21ClN4O3/c1-13(24(2)11-18(26)22-15-8-4-3-7-14(15)21)20(28)25-12-19(27)23-16-9-5-6-10-17(16)25/h3-10,13H,11-12H2,1-2H3,(H,22,26)(H,23,27)/t13-/m1/s1. The Morgan fingerprint density at radius 3 is 2.64 bits per heavy atom. The van der Waals surface area contributed by atoms with Crippen molar-refractivity contribution < 1.29 is 14.4 Å². The van der Waals surface area contributed by atoms with Crippen molar-refractivity contribution in [3.63, 3.8) is 0 Å². The van der Waals surface area contributed by atoms with Gasteiger partial charge >= 0.3 is 0 Å². The van der Waals surface area contributed by atoms with Gasteiger partial charge in [0.1, 0.15) is 6.54 Å². The van der Waals surface area contributed by atoms with E-state index in [4.69, 9.17) is 11.6 Å². The minimum Gasteiger partial charge on any atom is -0.324 e. The van der Waals surface area contributed by atoms with Crippen molar-refractivity contribution in [3.8, 4) is 0 Å². The van der Waals surface area contributed by atoms with Crippen LogP contribution < -0.4 is 15.5 Å². The predicted octanol–water partition coefficient (Wildman–Crippen LogP) is 2.58.